The van der Waals surface area contributed by atoms with Gasteiger partial charge in [0.2, 0.25) is 0 Å². The van der Waals surface area contributed by atoms with Crippen LogP contribution >= 0.6 is 0 Å². The average molecular weight is 579 g/mol. The Balaban J connectivity index is 1.48. The van der Waals surface area contributed by atoms with Crippen molar-refractivity contribution < 1.29 is 38.1 Å². The highest BCUT2D eigenvalue weighted by molar-refractivity contribution is 5.88. The zero-order valence-corrected chi connectivity index (χ0v) is 24.0. The second kappa shape index (κ2) is 16.2. The zero-order valence-electron chi connectivity index (χ0n) is 24.0. The lowest BCUT2D eigenvalue weighted by molar-refractivity contribution is -0.174. The monoisotopic (exact) mass is 578 g/mol. The minimum atomic E-state index is -1.24. The second-order valence-electron chi connectivity index (χ2n) is 11.7. The van der Waals surface area contributed by atoms with Gasteiger partial charge in [-0.1, -0.05) is 6.08 Å². The van der Waals surface area contributed by atoms with Crippen molar-refractivity contribution in [1.82, 2.24) is 21.3 Å². The van der Waals surface area contributed by atoms with Crippen molar-refractivity contribution in [2.45, 2.75) is 44.9 Å². The number of rotatable bonds is 12. The first-order chi connectivity index (χ1) is 20.0. The predicted octanol–water partition coefficient (Wildman–Crippen LogP) is 0.0641. The van der Waals surface area contributed by atoms with Crippen molar-refractivity contribution >= 4 is 23.9 Å². The van der Waals surface area contributed by atoms with E-state index in [0.717, 1.165) is 39.3 Å². The molecule has 0 aromatic rings. The van der Waals surface area contributed by atoms with Crippen LogP contribution < -0.4 is 21.3 Å². The average Bonchev–Trinajstić information content (AvgIpc) is 3.05. The molecular weight excluding hydrogens is 532 g/mol. The van der Waals surface area contributed by atoms with Crippen LogP contribution in [0.4, 0.5) is 0 Å². The topological polar surface area (TPSA) is 153 Å². The molecule has 0 aliphatic carbocycles. The van der Waals surface area contributed by atoms with E-state index in [-0.39, 0.29) is 62.1 Å². The molecule has 4 heterocycles. The third-order valence-electron chi connectivity index (χ3n) is 8.41. The summed E-state index contributed by atoms with van der Waals surface area (Å²) in [5.41, 5.74) is -0.681. The number of carbonyl (C=O) groups is 4. The largest absolute Gasteiger partial charge is 0.464 e. The minimum absolute atomic E-state index is 0.206. The first-order valence-electron chi connectivity index (χ1n) is 15.1. The van der Waals surface area contributed by atoms with E-state index in [0.29, 0.717) is 63.6 Å². The summed E-state index contributed by atoms with van der Waals surface area (Å²) in [6.07, 6.45) is 6.31. The van der Waals surface area contributed by atoms with Crippen LogP contribution in [0.3, 0.4) is 0 Å². The van der Waals surface area contributed by atoms with Gasteiger partial charge in [-0.2, -0.15) is 0 Å². The lowest BCUT2D eigenvalue weighted by Crippen LogP contribution is -2.46. The van der Waals surface area contributed by atoms with E-state index in [9.17, 15) is 19.2 Å². The summed E-state index contributed by atoms with van der Waals surface area (Å²) in [6.45, 7) is 4.78. The summed E-state index contributed by atoms with van der Waals surface area (Å²) < 4.78 is 23.1. The molecule has 0 aromatic heterocycles. The lowest BCUT2D eigenvalue weighted by Gasteiger charge is -2.34. The van der Waals surface area contributed by atoms with Gasteiger partial charge >= 0.3 is 23.9 Å². The Hall–Kier alpha value is -2.54. The van der Waals surface area contributed by atoms with Crippen LogP contribution in [0, 0.1) is 23.2 Å². The summed E-state index contributed by atoms with van der Waals surface area (Å²) >= 11 is 0. The number of carbonyl (C=O) groups excluding carboxylic acids is 4. The number of hydrogen-bond acceptors (Lipinski definition) is 12. The first kappa shape index (κ1) is 31.4. The minimum Gasteiger partial charge on any atom is -0.464 e. The normalized spacial score (nSPS) is 21.4. The molecule has 0 radical (unpaired) electrons. The third-order valence-corrected chi connectivity index (χ3v) is 8.41. The standard InChI is InChI=1S/C29H46N4O8/c34-25(21-1-9-30-10-2-21)38-17-29(18-39-26(35)22-3-11-31-12-4-22,19-40-27(36)23-5-13-32-14-6-23)20-41-28(37)24-7-15-33-16-8-24/h1,22-24,30-33H,2-20H2. The molecule has 0 spiro atoms. The summed E-state index contributed by atoms with van der Waals surface area (Å²) in [5, 5.41) is 12.9. The van der Waals surface area contributed by atoms with Crippen molar-refractivity contribution in [1.29, 1.82) is 0 Å². The summed E-state index contributed by atoms with van der Waals surface area (Å²) in [5.74, 6) is -2.26. The molecule has 0 aromatic carbocycles. The molecule has 0 bridgehead atoms. The van der Waals surface area contributed by atoms with Crippen LogP contribution in [0.2, 0.25) is 0 Å². The molecule has 4 N–H and O–H groups in total. The Bertz CT molecular complexity index is 840. The fourth-order valence-electron chi connectivity index (χ4n) is 5.57. The predicted molar refractivity (Wildman–Crippen MR) is 149 cm³/mol. The molecule has 12 heteroatoms. The van der Waals surface area contributed by atoms with E-state index in [2.05, 4.69) is 21.3 Å². The summed E-state index contributed by atoms with van der Waals surface area (Å²) in [6, 6.07) is 0. The van der Waals surface area contributed by atoms with Gasteiger partial charge in [-0.25, -0.2) is 4.79 Å². The van der Waals surface area contributed by atoms with E-state index >= 15 is 0 Å². The van der Waals surface area contributed by atoms with Gasteiger partial charge in [-0.3, -0.25) is 14.4 Å². The molecule has 4 rings (SSSR count). The first-order valence-corrected chi connectivity index (χ1v) is 15.1. The number of nitrogens with one attached hydrogen (secondary N) is 4. The van der Waals surface area contributed by atoms with Crippen LogP contribution in [0.5, 0.6) is 0 Å². The highest BCUT2D eigenvalue weighted by Crippen LogP contribution is 2.26. The SMILES string of the molecule is O=C(OCC(COC(=O)C1CCNCC1)(COC(=O)C1CCNCC1)COC(=O)C1CCNCC1)C1=CCNCC1. The molecule has 3 fully saturated rings. The van der Waals surface area contributed by atoms with Gasteiger partial charge in [0, 0.05) is 12.1 Å². The van der Waals surface area contributed by atoms with Crippen LogP contribution in [-0.4, -0.2) is 103 Å². The lowest BCUT2D eigenvalue weighted by atomic mass is 9.91. The molecule has 0 unspecified atom stereocenters. The van der Waals surface area contributed by atoms with Crippen LogP contribution in [0.1, 0.15) is 44.9 Å². The summed E-state index contributed by atoms with van der Waals surface area (Å²) in [4.78, 5) is 51.9. The molecule has 4 aliphatic rings. The Morgan fingerprint density at radius 3 is 1.34 bits per heavy atom. The van der Waals surface area contributed by atoms with E-state index in [1.807, 2.05) is 0 Å². The van der Waals surface area contributed by atoms with E-state index in [4.69, 9.17) is 18.9 Å². The molecule has 3 saturated heterocycles. The van der Waals surface area contributed by atoms with Crippen molar-refractivity contribution in [3.05, 3.63) is 11.6 Å². The fourth-order valence-corrected chi connectivity index (χ4v) is 5.57. The molecular formula is C29H46N4O8. The molecule has 12 nitrogen and oxygen atoms in total. The van der Waals surface area contributed by atoms with Crippen molar-refractivity contribution in [3.63, 3.8) is 0 Å². The summed E-state index contributed by atoms with van der Waals surface area (Å²) in [7, 11) is 0. The smallest absolute Gasteiger partial charge is 0.333 e. The Morgan fingerprint density at radius 2 is 0.976 bits per heavy atom. The fraction of sp³-hybridized carbons (Fsp3) is 0.793. The Kier molecular flexibility index (Phi) is 12.4. The highest BCUT2D eigenvalue weighted by Gasteiger charge is 2.40. The van der Waals surface area contributed by atoms with E-state index in [1.165, 1.54) is 0 Å². The molecule has 41 heavy (non-hydrogen) atoms. The maximum absolute atomic E-state index is 13.0. The van der Waals surface area contributed by atoms with Crippen molar-refractivity contribution in [2.24, 2.45) is 23.2 Å². The number of esters is 4. The van der Waals surface area contributed by atoms with Crippen molar-refractivity contribution in [3.8, 4) is 0 Å². The van der Waals surface area contributed by atoms with Crippen LogP contribution in [0.25, 0.3) is 0 Å². The molecule has 0 atom stereocenters. The maximum atomic E-state index is 13.0. The van der Waals surface area contributed by atoms with Crippen LogP contribution in [-0.2, 0) is 38.1 Å². The van der Waals surface area contributed by atoms with Gasteiger partial charge in [-0.15, -0.1) is 0 Å². The molecule has 0 amide bonds. The third kappa shape index (κ3) is 9.76. The van der Waals surface area contributed by atoms with Gasteiger partial charge in [0.05, 0.1) is 17.8 Å². The Labute approximate surface area is 242 Å². The maximum Gasteiger partial charge on any atom is 0.333 e. The number of piperidine rings is 3. The van der Waals surface area contributed by atoms with E-state index in [1.54, 1.807) is 6.08 Å². The molecule has 0 saturated carbocycles. The second-order valence-corrected chi connectivity index (χ2v) is 11.7. The number of hydrogen-bond donors (Lipinski definition) is 4. The molecule has 230 valence electrons. The van der Waals surface area contributed by atoms with Gasteiger partial charge in [0.25, 0.3) is 0 Å². The van der Waals surface area contributed by atoms with E-state index < -0.39 is 11.4 Å². The molecule has 4 aliphatic heterocycles. The quantitative estimate of drug-likeness (QED) is 0.183. The number of ether oxygens (including phenoxy) is 4. The van der Waals surface area contributed by atoms with Gasteiger partial charge in [0.1, 0.15) is 31.8 Å². The van der Waals surface area contributed by atoms with Gasteiger partial charge < -0.3 is 40.2 Å². The van der Waals surface area contributed by atoms with Gasteiger partial charge in [-0.05, 0) is 90.8 Å². The van der Waals surface area contributed by atoms with Crippen LogP contribution in [0.15, 0.2) is 11.6 Å². The Morgan fingerprint density at radius 1 is 0.585 bits per heavy atom. The zero-order chi connectivity index (χ0) is 28.9. The van der Waals surface area contributed by atoms with Crippen molar-refractivity contribution in [2.75, 3.05) is 78.8 Å². The highest BCUT2D eigenvalue weighted by atomic mass is 16.6. The van der Waals surface area contributed by atoms with Gasteiger partial charge in [0.15, 0.2) is 0 Å².